The molecule has 0 radical (unpaired) electrons. The Morgan fingerprint density at radius 3 is 2.43 bits per heavy atom. The SMILES string of the molecule is CC(C)N=CCN. The zero-order chi connectivity index (χ0) is 5.70. The molecule has 0 aliphatic heterocycles. The molecule has 7 heavy (non-hydrogen) atoms. The Bertz CT molecular complexity index is 57.1. The van der Waals surface area contributed by atoms with Gasteiger partial charge in [0.15, 0.2) is 0 Å². The van der Waals surface area contributed by atoms with Crippen LogP contribution in [0.25, 0.3) is 0 Å². The summed E-state index contributed by atoms with van der Waals surface area (Å²) in [6.45, 7) is 4.59. The highest BCUT2D eigenvalue weighted by molar-refractivity contribution is 5.59. The molecule has 42 valence electrons. The van der Waals surface area contributed by atoms with E-state index in [4.69, 9.17) is 5.73 Å². The Balaban J connectivity index is 3.08. The molecular weight excluding hydrogens is 88.1 g/mol. The summed E-state index contributed by atoms with van der Waals surface area (Å²) < 4.78 is 0. The van der Waals surface area contributed by atoms with Crippen LogP contribution in [0, 0.1) is 0 Å². The molecule has 0 aromatic heterocycles. The van der Waals surface area contributed by atoms with Crippen LogP contribution in [0.4, 0.5) is 0 Å². The molecule has 0 bridgehead atoms. The van der Waals surface area contributed by atoms with Gasteiger partial charge in [-0.2, -0.15) is 0 Å². The third-order valence-electron chi connectivity index (χ3n) is 0.509. The van der Waals surface area contributed by atoms with Gasteiger partial charge in [-0.15, -0.1) is 0 Å². The summed E-state index contributed by atoms with van der Waals surface area (Å²) in [7, 11) is 0. The lowest BCUT2D eigenvalue weighted by atomic mass is 10.4. The molecule has 0 heterocycles. The molecule has 0 aliphatic rings. The fourth-order valence-corrected chi connectivity index (χ4v) is 0.272. The summed E-state index contributed by atoms with van der Waals surface area (Å²) in [5, 5.41) is 0. The minimum absolute atomic E-state index is 0.392. The van der Waals surface area contributed by atoms with Crippen LogP contribution in [0.3, 0.4) is 0 Å². The van der Waals surface area contributed by atoms with Crippen LogP contribution < -0.4 is 5.73 Å². The molecule has 2 N–H and O–H groups in total. The second kappa shape index (κ2) is 3.81. The normalized spacial score (nSPS) is 11.4. The average molecular weight is 100 g/mol. The van der Waals surface area contributed by atoms with Crippen molar-refractivity contribution in [2.45, 2.75) is 19.9 Å². The number of nitrogens with zero attached hydrogens (tertiary/aromatic N) is 1. The summed E-state index contributed by atoms with van der Waals surface area (Å²) in [6.07, 6.45) is 1.73. The first-order chi connectivity index (χ1) is 3.27. The Morgan fingerprint density at radius 1 is 1.71 bits per heavy atom. The van der Waals surface area contributed by atoms with E-state index < -0.39 is 0 Å². The molecule has 0 amide bonds. The molecule has 0 aromatic rings. The highest BCUT2D eigenvalue weighted by Crippen LogP contribution is 1.80. The number of hydrogen-bond donors (Lipinski definition) is 1. The first-order valence-electron chi connectivity index (χ1n) is 2.49. The van der Waals surface area contributed by atoms with Crippen molar-refractivity contribution < 1.29 is 0 Å². The van der Waals surface area contributed by atoms with Gasteiger partial charge in [-0.05, 0) is 13.8 Å². The maximum absolute atomic E-state index is 5.13. The van der Waals surface area contributed by atoms with E-state index in [0.29, 0.717) is 12.6 Å². The summed E-state index contributed by atoms with van der Waals surface area (Å²) in [5.74, 6) is 0. The van der Waals surface area contributed by atoms with Crippen LogP contribution in [0.1, 0.15) is 13.8 Å². The van der Waals surface area contributed by atoms with Crippen molar-refractivity contribution in [3.8, 4) is 0 Å². The predicted molar refractivity (Wildman–Crippen MR) is 32.7 cm³/mol. The minimum Gasteiger partial charge on any atom is -0.326 e. The Hall–Kier alpha value is -0.370. The van der Waals surface area contributed by atoms with Gasteiger partial charge in [0.1, 0.15) is 0 Å². The lowest BCUT2D eigenvalue weighted by Crippen LogP contribution is -2.01. The molecule has 0 atom stereocenters. The number of aliphatic imine (C=N–C) groups is 1. The molecule has 2 heteroatoms. The number of hydrogen-bond acceptors (Lipinski definition) is 2. The van der Waals surface area contributed by atoms with Crippen LogP contribution in [-0.4, -0.2) is 18.8 Å². The Labute approximate surface area is 44.4 Å². The van der Waals surface area contributed by atoms with Crippen molar-refractivity contribution in [2.24, 2.45) is 10.7 Å². The monoisotopic (exact) mass is 100 g/mol. The maximum atomic E-state index is 5.13. The summed E-state index contributed by atoms with van der Waals surface area (Å²) in [6, 6.07) is 0.392. The van der Waals surface area contributed by atoms with Crippen LogP contribution in [-0.2, 0) is 0 Å². The van der Waals surface area contributed by atoms with Gasteiger partial charge in [0, 0.05) is 18.8 Å². The highest BCUT2D eigenvalue weighted by Gasteiger charge is 1.78. The second-order valence-electron chi connectivity index (χ2n) is 1.66. The second-order valence-corrected chi connectivity index (χ2v) is 1.66. The summed E-state index contributed by atoms with van der Waals surface area (Å²) in [5.41, 5.74) is 5.13. The zero-order valence-corrected chi connectivity index (χ0v) is 4.89. The molecule has 0 fully saturated rings. The molecule has 0 saturated heterocycles. The minimum atomic E-state index is 0.392. The van der Waals surface area contributed by atoms with E-state index in [1.807, 2.05) is 13.8 Å². The molecule has 0 saturated carbocycles. The van der Waals surface area contributed by atoms with Gasteiger partial charge in [-0.3, -0.25) is 4.99 Å². The fraction of sp³-hybridized carbons (Fsp3) is 0.800. The predicted octanol–water partition coefficient (Wildman–Crippen LogP) is 0.424. The molecule has 0 rings (SSSR count). The largest absolute Gasteiger partial charge is 0.326 e. The highest BCUT2D eigenvalue weighted by atomic mass is 14.8. The van der Waals surface area contributed by atoms with E-state index in [1.54, 1.807) is 6.21 Å². The van der Waals surface area contributed by atoms with Crippen LogP contribution >= 0.6 is 0 Å². The molecule has 2 nitrogen and oxygen atoms in total. The van der Waals surface area contributed by atoms with Gasteiger partial charge in [0.2, 0.25) is 0 Å². The van der Waals surface area contributed by atoms with E-state index in [2.05, 4.69) is 4.99 Å². The lowest BCUT2D eigenvalue weighted by Gasteiger charge is -1.90. The van der Waals surface area contributed by atoms with E-state index in [9.17, 15) is 0 Å². The molecule has 0 spiro atoms. The Kier molecular flexibility index (Phi) is 3.61. The lowest BCUT2D eigenvalue weighted by molar-refractivity contribution is 0.838. The zero-order valence-electron chi connectivity index (χ0n) is 4.89. The quantitative estimate of drug-likeness (QED) is 0.502. The first kappa shape index (κ1) is 6.63. The van der Waals surface area contributed by atoms with Crippen molar-refractivity contribution >= 4 is 6.21 Å². The first-order valence-corrected chi connectivity index (χ1v) is 2.49. The van der Waals surface area contributed by atoms with Crippen molar-refractivity contribution in [3.63, 3.8) is 0 Å². The summed E-state index contributed by atoms with van der Waals surface area (Å²) in [4.78, 5) is 3.99. The van der Waals surface area contributed by atoms with Gasteiger partial charge in [0.25, 0.3) is 0 Å². The number of nitrogens with two attached hydrogens (primary N) is 1. The fourth-order valence-electron chi connectivity index (χ4n) is 0.272. The maximum Gasteiger partial charge on any atom is 0.0439 e. The van der Waals surface area contributed by atoms with E-state index >= 15 is 0 Å². The van der Waals surface area contributed by atoms with E-state index in [-0.39, 0.29) is 0 Å². The Morgan fingerprint density at radius 2 is 2.29 bits per heavy atom. The van der Waals surface area contributed by atoms with E-state index in [0.717, 1.165) is 0 Å². The van der Waals surface area contributed by atoms with Gasteiger partial charge in [-0.1, -0.05) is 0 Å². The van der Waals surface area contributed by atoms with Gasteiger partial charge < -0.3 is 5.73 Å². The summed E-state index contributed by atoms with van der Waals surface area (Å²) >= 11 is 0. The molecule has 0 aromatic carbocycles. The average Bonchev–Trinajstić information content (AvgIpc) is 1.61. The van der Waals surface area contributed by atoms with Crippen molar-refractivity contribution in [2.75, 3.05) is 6.54 Å². The van der Waals surface area contributed by atoms with Crippen molar-refractivity contribution in [1.82, 2.24) is 0 Å². The van der Waals surface area contributed by atoms with Crippen molar-refractivity contribution in [3.05, 3.63) is 0 Å². The molecule has 0 unspecified atom stereocenters. The van der Waals surface area contributed by atoms with Gasteiger partial charge in [-0.25, -0.2) is 0 Å². The smallest absolute Gasteiger partial charge is 0.0439 e. The van der Waals surface area contributed by atoms with Gasteiger partial charge >= 0.3 is 0 Å². The molecular formula is C5H12N2. The number of rotatable bonds is 2. The van der Waals surface area contributed by atoms with Gasteiger partial charge in [0.05, 0.1) is 0 Å². The third-order valence-corrected chi connectivity index (χ3v) is 0.509. The van der Waals surface area contributed by atoms with Crippen molar-refractivity contribution in [1.29, 1.82) is 0 Å². The van der Waals surface area contributed by atoms with Crippen LogP contribution in [0.15, 0.2) is 4.99 Å². The van der Waals surface area contributed by atoms with Crippen LogP contribution in [0.5, 0.6) is 0 Å². The van der Waals surface area contributed by atoms with E-state index in [1.165, 1.54) is 0 Å². The molecule has 0 aliphatic carbocycles. The standard InChI is InChI=1S/C5H12N2/c1-5(2)7-4-3-6/h4-5H,3,6H2,1-2H3. The van der Waals surface area contributed by atoms with Crippen LogP contribution in [0.2, 0.25) is 0 Å². The topological polar surface area (TPSA) is 38.4 Å². The third kappa shape index (κ3) is 5.63.